The molecule has 0 aliphatic carbocycles. The van der Waals surface area contributed by atoms with Crippen LogP contribution in [0.3, 0.4) is 0 Å². The normalized spacial score (nSPS) is 11.3. The number of carbonyl (C=O) groups is 1. The van der Waals surface area contributed by atoms with E-state index in [1.807, 2.05) is 29.7 Å². The largest absolute Gasteiger partial charge is 0.335 e. The first-order valence-electron chi connectivity index (χ1n) is 5.31. The number of aldehydes is 1. The number of hydrogen-bond donors (Lipinski definition) is 0. The molecule has 0 saturated heterocycles. The van der Waals surface area contributed by atoms with E-state index in [1.165, 1.54) is 0 Å². The van der Waals surface area contributed by atoms with Crippen LogP contribution < -0.4 is 0 Å². The van der Waals surface area contributed by atoms with Crippen LogP contribution in [0.2, 0.25) is 5.02 Å². The van der Waals surface area contributed by atoms with E-state index in [2.05, 4.69) is 13.8 Å². The number of carbonyl (C=O) groups excluding carboxylic acids is 1. The summed E-state index contributed by atoms with van der Waals surface area (Å²) >= 11 is 6.15. The van der Waals surface area contributed by atoms with Crippen LogP contribution in [-0.2, 0) is 0 Å². The molecule has 0 aliphatic rings. The predicted octanol–water partition coefficient (Wildman–Crippen LogP) is 4.00. The molecule has 84 valence electrons. The van der Waals surface area contributed by atoms with Gasteiger partial charge in [0.1, 0.15) is 0 Å². The van der Waals surface area contributed by atoms with E-state index < -0.39 is 0 Å². The lowest BCUT2D eigenvalue weighted by Gasteiger charge is -2.13. The third-order valence-corrected chi connectivity index (χ3v) is 3.14. The molecule has 0 N–H and O–H groups in total. The van der Waals surface area contributed by atoms with Crippen LogP contribution in [0.5, 0.6) is 0 Å². The van der Waals surface area contributed by atoms with Gasteiger partial charge in [-0.1, -0.05) is 17.7 Å². The lowest BCUT2D eigenvalue weighted by Crippen LogP contribution is -2.05. The van der Waals surface area contributed by atoms with Crippen molar-refractivity contribution in [3.63, 3.8) is 0 Å². The molecule has 2 aromatic rings. The highest BCUT2D eigenvalue weighted by Gasteiger charge is 2.14. The highest BCUT2D eigenvalue weighted by molar-refractivity contribution is 6.35. The van der Waals surface area contributed by atoms with Gasteiger partial charge >= 0.3 is 0 Å². The number of aromatic nitrogens is 1. The SMILES string of the molecule is Cc1ccc(Cl)c2cc(C=O)n(C(C)C)c12. The topological polar surface area (TPSA) is 22.0 Å². The third-order valence-electron chi connectivity index (χ3n) is 2.81. The first-order valence-corrected chi connectivity index (χ1v) is 5.69. The zero-order valence-corrected chi connectivity index (χ0v) is 10.4. The summed E-state index contributed by atoms with van der Waals surface area (Å²) in [6.45, 7) is 6.16. The van der Waals surface area contributed by atoms with Crippen LogP contribution in [-0.4, -0.2) is 10.9 Å². The average Bonchev–Trinajstić information content (AvgIpc) is 2.64. The summed E-state index contributed by atoms with van der Waals surface area (Å²) in [5.41, 5.74) is 2.88. The quantitative estimate of drug-likeness (QED) is 0.722. The van der Waals surface area contributed by atoms with Crippen molar-refractivity contribution in [1.82, 2.24) is 4.57 Å². The maximum Gasteiger partial charge on any atom is 0.166 e. The highest BCUT2D eigenvalue weighted by Crippen LogP contribution is 2.31. The molecule has 0 bridgehead atoms. The summed E-state index contributed by atoms with van der Waals surface area (Å²) in [5.74, 6) is 0. The van der Waals surface area contributed by atoms with Crippen LogP contribution in [0.4, 0.5) is 0 Å². The molecule has 2 rings (SSSR count). The minimum absolute atomic E-state index is 0.245. The van der Waals surface area contributed by atoms with E-state index in [9.17, 15) is 4.79 Å². The molecule has 0 atom stereocenters. The molecule has 0 radical (unpaired) electrons. The summed E-state index contributed by atoms with van der Waals surface area (Å²) in [6.07, 6.45) is 0.885. The van der Waals surface area contributed by atoms with Crippen LogP contribution in [0.15, 0.2) is 18.2 Å². The number of benzene rings is 1. The molecule has 1 aromatic carbocycles. The maximum absolute atomic E-state index is 11.1. The van der Waals surface area contributed by atoms with Gasteiger partial charge < -0.3 is 4.57 Å². The molecule has 0 spiro atoms. The molecule has 2 nitrogen and oxygen atoms in total. The van der Waals surface area contributed by atoms with Crippen molar-refractivity contribution in [1.29, 1.82) is 0 Å². The number of hydrogen-bond acceptors (Lipinski definition) is 1. The van der Waals surface area contributed by atoms with Crippen molar-refractivity contribution < 1.29 is 4.79 Å². The van der Waals surface area contributed by atoms with Gasteiger partial charge in [-0.05, 0) is 38.5 Å². The lowest BCUT2D eigenvalue weighted by molar-refractivity contribution is 0.111. The fourth-order valence-electron chi connectivity index (χ4n) is 2.14. The molecule has 1 aromatic heterocycles. The number of halogens is 1. The van der Waals surface area contributed by atoms with Crippen molar-refractivity contribution in [2.45, 2.75) is 26.8 Å². The molecular formula is C13H14ClNO. The molecule has 16 heavy (non-hydrogen) atoms. The van der Waals surface area contributed by atoms with Gasteiger partial charge in [-0.15, -0.1) is 0 Å². The Hall–Kier alpha value is -1.28. The predicted molar refractivity (Wildman–Crippen MR) is 67.5 cm³/mol. The van der Waals surface area contributed by atoms with Gasteiger partial charge in [-0.25, -0.2) is 0 Å². The molecular weight excluding hydrogens is 222 g/mol. The van der Waals surface area contributed by atoms with E-state index in [1.54, 1.807) is 0 Å². The summed E-state index contributed by atoms with van der Waals surface area (Å²) in [7, 11) is 0. The van der Waals surface area contributed by atoms with E-state index in [0.717, 1.165) is 22.8 Å². The van der Waals surface area contributed by atoms with Gasteiger partial charge in [0.05, 0.1) is 11.2 Å². The van der Waals surface area contributed by atoms with Gasteiger partial charge in [0.15, 0.2) is 6.29 Å². The Morgan fingerprint density at radius 1 is 1.38 bits per heavy atom. The highest BCUT2D eigenvalue weighted by atomic mass is 35.5. The fourth-order valence-corrected chi connectivity index (χ4v) is 2.35. The summed E-state index contributed by atoms with van der Waals surface area (Å²) in [5, 5.41) is 1.65. The lowest BCUT2D eigenvalue weighted by atomic mass is 10.1. The monoisotopic (exact) mass is 235 g/mol. The van der Waals surface area contributed by atoms with Gasteiger partial charge in [0, 0.05) is 16.5 Å². The maximum atomic E-state index is 11.1. The second-order valence-electron chi connectivity index (χ2n) is 4.28. The standard InChI is InChI=1S/C13H14ClNO/c1-8(2)15-10(7-16)6-11-12(14)5-4-9(3)13(11)15/h4-8H,1-3H3. The average molecular weight is 236 g/mol. The molecule has 0 aliphatic heterocycles. The molecule has 3 heteroatoms. The van der Waals surface area contributed by atoms with Crippen LogP contribution >= 0.6 is 11.6 Å². The minimum atomic E-state index is 0.245. The zero-order chi connectivity index (χ0) is 11.9. The number of nitrogens with zero attached hydrogens (tertiary/aromatic N) is 1. The third kappa shape index (κ3) is 1.54. The first-order chi connectivity index (χ1) is 7.56. The number of aryl methyl sites for hydroxylation is 1. The van der Waals surface area contributed by atoms with Crippen molar-refractivity contribution in [3.8, 4) is 0 Å². The van der Waals surface area contributed by atoms with E-state index >= 15 is 0 Å². The molecule has 1 heterocycles. The van der Waals surface area contributed by atoms with E-state index in [0.29, 0.717) is 10.7 Å². The van der Waals surface area contributed by atoms with Crippen LogP contribution in [0.1, 0.15) is 35.9 Å². The Morgan fingerprint density at radius 2 is 2.06 bits per heavy atom. The molecule has 0 unspecified atom stereocenters. The molecule has 0 saturated carbocycles. The number of fused-ring (bicyclic) bond motifs is 1. The van der Waals surface area contributed by atoms with Crippen LogP contribution in [0.25, 0.3) is 10.9 Å². The van der Waals surface area contributed by atoms with E-state index in [-0.39, 0.29) is 6.04 Å². The Labute approximate surface area is 99.8 Å². The smallest absolute Gasteiger partial charge is 0.166 e. The fraction of sp³-hybridized carbons (Fsp3) is 0.308. The summed E-state index contributed by atoms with van der Waals surface area (Å²) in [4.78, 5) is 11.1. The zero-order valence-electron chi connectivity index (χ0n) is 9.62. The van der Waals surface area contributed by atoms with Crippen molar-refractivity contribution in [2.24, 2.45) is 0 Å². The Kier molecular flexibility index (Phi) is 2.76. The second kappa shape index (κ2) is 3.95. The Balaban J connectivity index is 2.94. The summed E-state index contributed by atoms with van der Waals surface area (Å²) < 4.78 is 2.03. The van der Waals surface area contributed by atoms with Crippen molar-refractivity contribution >= 4 is 28.8 Å². The van der Waals surface area contributed by atoms with Crippen molar-refractivity contribution in [2.75, 3.05) is 0 Å². The van der Waals surface area contributed by atoms with E-state index in [4.69, 9.17) is 11.6 Å². The van der Waals surface area contributed by atoms with Gasteiger partial charge in [0.25, 0.3) is 0 Å². The van der Waals surface area contributed by atoms with Gasteiger partial charge in [-0.2, -0.15) is 0 Å². The Bertz CT molecular complexity index is 555. The molecule has 0 fully saturated rings. The van der Waals surface area contributed by atoms with Crippen molar-refractivity contribution in [3.05, 3.63) is 34.5 Å². The number of rotatable bonds is 2. The van der Waals surface area contributed by atoms with Gasteiger partial charge in [-0.3, -0.25) is 4.79 Å². The van der Waals surface area contributed by atoms with Gasteiger partial charge in [0.2, 0.25) is 0 Å². The second-order valence-corrected chi connectivity index (χ2v) is 4.68. The van der Waals surface area contributed by atoms with Crippen LogP contribution in [0, 0.1) is 6.92 Å². The minimum Gasteiger partial charge on any atom is -0.335 e. The first kappa shape index (κ1) is 11.2. The molecule has 0 amide bonds. The summed E-state index contributed by atoms with van der Waals surface area (Å²) in [6, 6.07) is 5.96. The Morgan fingerprint density at radius 3 is 2.62 bits per heavy atom.